The van der Waals surface area contributed by atoms with E-state index in [0.717, 1.165) is 11.1 Å². The highest BCUT2D eigenvalue weighted by molar-refractivity contribution is 5.95. The molecule has 0 bridgehead atoms. The first-order chi connectivity index (χ1) is 14.6. The molecule has 0 saturated carbocycles. The number of halogens is 1. The highest BCUT2D eigenvalue weighted by Gasteiger charge is 2.46. The second kappa shape index (κ2) is 9.18. The largest absolute Gasteiger partial charge is 0.443 e. The molecular formula is C25H30FNO4. The van der Waals surface area contributed by atoms with Crippen molar-refractivity contribution in [2.75, 3.05) is 6.61 Å². The zero-order valence-electron chi connectivity index (χ0n) is 18.5. The molecule has 1 heterocycles. The first-order valence-electron chi connectivity index (χ1n) is 10.6. The van der Waals surface area contributed by atoms with Gasteiger partial charge in [0.25, 0.3) is 0 Å². The van der Waals surface area contributed by atoms with Crippen molar-refractivity contribution in [3.63, 3.8) is 0 Å². The SMILES string of the molecule is CC(Cc1ccc(-c2ccccc2F)cc1)C1CC(CO)C(=O)N1C(=O)OC(C)(C)C. The normalized spacial score (nSPS) is 20.1. The number of ether oxygens (including phenoxy) is 1. The number of carbonyl (C=O) groups excluding carboxylic acids is 2. The molecule has 3 rings (SSSR count). The van der Waals surface area contributed by atoms with E-state index in [2.05, 4.69) is 0 Å². The van der Waals surface area contributed by atoms with Gasteiger partial charge in [0.1, 0.15) is 11.4 Å². The van der Waals surface area contributed by atoms with Gasteiger partial charge in [0, 0.05) is 11.6 Å². The lowest BCUT2D eigenvalue weighted by Gasteiger charge is -2.30. The maximum absolute atomic E-state index is 14.0. The van der Waals surface area contributed by atoms with E-state index in [-0.39, 0.29) is 30.3 Å². The molecule has 31 heavy (non-hydrogen) atoms. The van der Waals surface area contributed by atoms with E-state index in [1.165, 1.54) is 11.0 Å². The number of aliphatic hydroxyl groups is 1. The number of imide groups is 1. The molecule has 5 nitrogen and oxygen atoms in total. The Balaban J connectivity index is 1.76. The minimum atomic E-state index is -0.717. The summed E-state index contributed by atoms with van der Waals surface area (Å²) >= 11 is 0. The first-order valence-corrected chi connectivity index (χ1v) is 10.6. The van der Waals surface area contributed by atoms with Crippen molar-refractivity contribution < 1.29 is 23.8 Å². The Morgan fingerprint density at radius 2 is 1.84 bits per heavy atom. The lowest BCUT2D eigenvalue weighted by atomic mass is 9.90. The van der Waals surface area contributed by atoms with Crippen molar-refractivity contribution >= 4 is 12.0 Å². The topological polar surface area (TPSA) is 66.8 Å². The number of rotatable bonds is 5. The number of amides is 2. The molecule has 0 aromatic heterocycles. The summed E-state index contributed by atoms with van der Waals surface area (Å²) in [5, 5.41) is 9.59. The van der Waals surface area contributed by atoms with Gasteiger partial charge in [-0.3, -0.25) is 4.79 Å². The van der Waals surface area contributed by atoms with E-state index in [0.29, 0.717) is 18.4 Å². The Morgan fingerprint density at radius 1 is 1.19 bits per heavy atom. The van der Waals surface area contributed by atoms with Crippen LogP contribution < -0.4 is 0 Å². The molecule has 3 atom stereocenters. The van der Waals surface area contributed by atoms with Gasteiger partial charge in [0.05, 0.1) is 12.5 Å². The summed E-state index contributed by atoms with van der Waals surface area (Å²) in [6.45, 7) is 6.96. The van der Waals surface area contributed by atoms with Gasteiger partial charge in [-0.1, -0.05) is 49.4 Å². The van der Waals surface area contributed by atoms with Gasteiger partial charge in [-0.25, -0.2) is 14.1 Å². The van der Waals surface area contributed by atoms with Crippen LogP contribution in [0.3, 0.4) is 0 Å². The summed E-state index contributed by atoms with van der Waals surface area (Å²) in [5.41, 5.74) is 1.65. The second-order valence-corrected chi connectivity index (χ2v) is 9.23. The minimum absolute atomic E-state index is 0.0349. The van der Waals surface area contributed by atoms with Crippen LogP contribution in [0.25, 0.3) is 11.1 Å². The molecule has 1 N–H and O–H groups in total. The van der Waals surface area contributed by atoms with Gasteiger partial charge >= 0.3 is 6.09 Å². The van der Waals surface area contributed by atoms with Crippen molar-refractivity contribution in [2.24, 2.45) is 11.8 Å². The minimum Gasteiger partial charge on any atom is -0.443 e. The summed E-state index contributed by atoms with van der Waals surface area (Å²) in [5.74, 6) is -1.28. The van der Waals surface area contributed by atoms with Crippen molar-refractivity contribution in [3.05, 3.63) is 59.9 Å². The molecule has 3 unspecified atom stereocenters. The second-order valence-electron chi connectivity index (χ2n) is 9.23. The predicted octanol–water partition coefficient (Wildman–Crippen LogP) is 4.82. The summed E-state index contributed by atoms with van der Waals surface area (Å²) < 4.78 is 19.5. The van der Waals surface area contributed by atoms with Gasteiger partial charge in [0.15, 0.2) is 0 Å². The van der Waals surface area contributed by atoms with Crippen LogP contribution in [0.4, 0.5) is 9.18 Å². The van der Waals surface area contributed by atoms with Crippen LogP contribution in [-0.2, 0) is 16.0 Å². The summed E-state index contributed by atoms with van der Waals surface area (Å²) in [7, 11) is 0. The van der Waals surface area contributed by atoms with Crippen LogP contribution in [0.2, 0.25) is 0 Å². The molecule has 2 amide bonds. The maximum Gasteiger partial charge on any atom is 0.417 e. The molecule has 1 saturated heterocycles. The van der Waals surface area contributed by atoms with E-state index < -0.39 is 17.6 Å². The van der Waals surface area contributed by atoms with Crippen LogP contribution in [0.1, 0.15) is 39.7 Å². The summed E-state index contributed by atoms with van der Waals surface area (Å²) in [4.78, 5) is 26.6. The number of hydrogen-bond acceptors (Lipinski definition) is 4. The highest BCUT2D eigenvalue weighted by atomic mass is 19.1. The van der Waals surface area contributed by atoms with Gasteiger partial charge in [-0.05, 0) is 56.7 Å². The van der Waals surface area contributed by atoms with E-state index in [1.54, 1.807) is 39.0 Å². The van der Waals surface area contributed by atoms with E-state index in [1.807, 2.05) is 31.2 Å². The third-order valence-corrected chi connectivity index (χ3v) is 5.61. The molecule has 1 aliphatic heterocycles. The average Bonchev–Trinajstić information content (AvgIpc) is 3.04. The van der Waals surface area contributed by atoms with E-state index >= 15 is 0 Å². The lowest BCUT2D eigenvalue weighted by Crippen LogP contribution is -2.45. The number of carbonyl (C=O) groups is 2. The number of benzene rings is 2. The Labute approximate surface area is 182 Å². The number of aliphatic hydroxyl groups excluding tert-OH is 1. The zero-order valence-corrected chi connectivity index (χ0v) is 18.5. The molecular weight excluding hydrogens is 397 g/mol. The van der Waals surface area contributed by atoms with Crippen LogP contribution >= 0.6 is 0 Å². The van der Waals surface area contributed by atoms with Crippen molar-refractivity contribution in [3.8, 4) is 11.1 Å². The van der Waals surface area contributed by atoms with Crippen LogP contribution in [0.5, 0.6) is 0 Å². The average molecular weight is 428 g/mol. The van der Waals surface area contributed by atoms with E-state index in [4.69, 9.17) is 4.74 Å². The predicted molar refractivity (Wildman–Crippen MR) is 117 cm³/mol. The monoisotopic (exact) mass is 427 g/mol. The Kier molecular flexibility index (Phi) is 6.80. The van der Waals surface area contributed by atoms with Gasteiger partial charge in [-0.15, -0.1) is 0 Å². The highest BCUT2D eigenvalue weighted by Crippen LogP contribution is 2.33. The lowest BCUT2D eigenvalue weighted by molar-refractivity contribution is -0.132. The third kappa shape index (κ3) is 5.31. The molecule has 2 aromatic carbocycles. The van der Waals surface area contributed by atoms with Crippen molar-refractivity contribution in [1.82, 2.24) is 4.90 Å². The smallest absolute Gasteiger partial charge is 0.417 e. The molecule has 0 aliphatic carbocycles. The molecule has 1 fully saturated rings. The van der Waals surface area contributed by atoms with Crippen LogP contribution in [0.15, 0.2) is 48.5 Å². The molecule has 0 spiro atoms. The molecule has 1 aliphatic rings. The van der Waals surface area contributed by atoms with Crippen molar-refractivity contribution in [1.29, 1.82) is 0 Å². The fourth-order valence-electron chi connectivity index (χ4n) is 4.06. The van der Waals surface area contributed by atoms with E-state index in [9.17, 15) is 19.1 Å². The van der Waals surface area contributed by atoms with Gasteiger partial charge in [0.2, 0.25) is 5.91 Å². The first kappa shape index (κ1) is 22.9. The fraction of sp³-hybridized carbons (Fsp3) is 0.440. The number of hydrogen-bond donors (Lipinski definition) is 1. The van der Waals surface area contributed by atoms with Crippen LogP contribution in [-0.4, -0.2) is 40.3 Å². The van der Waals surface area contributed by atoms with Gasteiger partial charge < -0.3 is 9.84 Å². The summed E-state index contributed by atoms with van der Waals surface area (Å²) in [6.07, 6.45) is 0.371. The molecule has 166 valence electrons. The Bertz CT molecular complexity index is 935. The standard InChI is InChI=1S/C25H30FNO4/c1-16(13-17-9-11-18(12-10-17)20-7-5-6-8-21(20)26)22-14-19(15-28)23(29)27(22)24(30)31-25(2,3)4/h5-12,16,19,22,28H,13-15H2,1-4H3. The Morgan fingerprint density at radius 3 is 2.42 bits per heavy atom. The fourth-order valence-corrected chi connectivity index (χ4v) is 4.06. The van der Waals surface area contributed by atoms with Gasteiger partial charge in [-0.2, -0.15) is 0 Å². The third-order valence-electron chi connectivity index (χ3n) is 5.61. The maximum atomic E-state index is 14.0. The number of likely N-dealkylation sites (tertiary alicyclic amines) is 1. The Hall–Kier alpha value is -2.73. The quantitative estimate of drug-likeness (QED) is 0.743. The summed E-state index contributed by atoms with van der Waals surface area (Å²) in [6, 6.07) is 13.9. The van der Waals surface area contributed by atoms with Crippen molar-refractivity contribution in [2.45, 2.75) is 52.2 Å². The molecule has 6 heteroatoms. The van der Waals surface area contributed by atoms with Crippen LogP contribution in [0, 0.1) is 17.7 Å². The zero-order chi connectivity index (χ0) is 22.8. The molecule has 0 radical (unpaired) electrons. The molecule has 2 aromatic rings. The number of nitrogens with zero attached hydrogens (tertiary/aromatic N) is 1.